The van der Waals surface area contributed by atoms with Crippen LogP contribution in [-0.4, -0.2) is 24.9 Å². The van der Waals surface area contributed by atoms with Crippen LogP contribution in [0.2, 0.25) is 0 Å². The molecule has 1 aliphatic heterocycles. The van der Waals surface area contributed by atoms with E-state index in [-0.39, 0.29) is 0 Å². The first-order valence-corrected chi connectivity index (χ1v) is 13.9. The zero-order valence-corrected chi connectivity index (χ0v) is 23.3. The number of anilines is 2. The predicted octanol–water partition coefficient (Wildman–Crippen LogP) is 8.14. The SMILES string of the molecule is CC1(C)OB(c2ccccc2)OC1(C)CN(c1ccccc1-c1ccccc1)c1ccccc1-c1ccccc1. The Morgan fingerprint density at radius 3 is 1.45 bits per heavy atom. The van der Waals surface area contributed by atoms with Gasteiger partial charge in [-0.1, -0.05) is 127 Å². The molecular formula is C36H34BNO2. The fourth-order valence-electron chi connectivity index (χ4n) is 5.51. The summed E-state index contributed by atoms with van der Waals surface area (Å²) in [6, 6.07) is 48.7. The molecule has 0 aliphatic carbocycles. The van der Waals surface area contributed by atoms with Crippen molar-refractivity contribution in [1.29, 1.82) is 0 Å². The lowest BCUT2D eigenvalue weighted by Gasteiger charge is -2.42. The summed E-state index contributed by atoms with van der Waals surface area (Å²) in [7, 11) is -0.434. The zero-order chi connectivity index (χ0) is 27.6. The van der Waals surface area contributed by atoms with Crippen molar-refractivity contribution in [2.45, 2.75) is 32.0 Å². The molecule has 0 saturated carbocycles. The van der Waals surface area contributed by atoms with Gasteiger partial charge in [0, 0.05) is 22.5 Å². The Morgan fingerprint density at radius 1 is 0.525 bits per heavy atom. The number of benzene rings is 5. The van der Waals surface area contributed by atoms with Crippen LogP contribution < -0.4 is 10.4 Å². The summed E-state index contributed by atoms with van der Waals surface area (Å²) in [4.78, 5) is 2.42. The molecule has 0 amide bonds. The lowest BCUT2D eigenvalue weighted by atomic mass is 9.79. The first kappa shape index (κ1) is 26.1. The van der Waals surface area contributed by atoms with Crippen LogP contribution in [-0.2, 0) is 9.31 Å². The maximum absolute atomic E-state index is 6.85. The molecule has 0 bridgehead atoms. The van der Waals surface area contributed by atoms with Crippen LogP contribution in [0, 0.1) is 0 Å². The molecule has 40 heavy (non-hydrogen) atoms. The van der Waals surface area contributed by atoms with Gasteiger partial charge in [-0.15, -0.1) is 0 Å². The summed E-state index contributed by atoms with van der Waals surface area (Å²) < 4.78 is 13.5. The van der Waals surface area contributed by atoms with E-state index in [1.807, 2.05) is 18.2 Å². The van der Waals surface area contributed by atoms with Crippen LogP contribution in [0.15, 0.2) is 140 Å². The van der Waals surface area contributed by atoms with Gasteiger partial charge >= 0.3 is 7.12 Å². The smallest absolute Gasteiger partial charge is 0.399 e. The van der Waals surface area contributed by atoms with Gasteiger partial charge in [-0.2, -0.15) is 0 Å². The highest BCUT2D eigenvalue weighted by Crippen LogP contribution is 2.45. The monoisotopic (exact) mass is 523 g/mol. The molecule has 1 heterocycles. The maximum atomic E-state index is 6.85. The van der Waals surface area contributed by atoms with Gasteiger partial charge in [0.1, 0.15) is 0 Å². The zero-order valence-electron chi connectivity index (χ0n) is 23.3. The van der Waals surface area contributed by atoms with Crippen molar-refractivity contribution >= 4 is 24.0 Å². The van der Waals surface area contributed by atoms with Crippen molar-refractivity contribution in [2.75, 3.05) is 11.4 Å². The number of para-hydroxylation sites is 2. The molecule has 3 nitrogen and oxygen atoms in total. The van der Waals surface area contributed by atoms with Gasteiger partial charge in [-0.05, 0) is 49.5 Å². The van der Waals surface area contributed by atoms with Gasteiger partial charge in [0.15, 0.2) is 0 Å². The lowest BCUT2D eigenvalue weighted by molar-refractivity contribution is -0.00178. The van der Waals surface area contributed by atoms with Crippen molar-refractivity contribution in [1.82, 2.24) is 0 Å². The molecule has 1 atom stereocenters. The lowest BCUT2D eigenvalue weighted by Crippen LogP contribution is -2.52. The third-order valence-electron chi connectivity index (χ3n) is 8.13. The van der Waals surface area contributed by atoms with E-state index in [1.54, 1.807) is 0 Å². The molecule has 4 heteroatoms. The van der Waals surface area contributed by atoms with E-state index in [1.165, 1.54) is 22.3 Å². The second-order valence-corrected chi connectivity index (χ2v) is 11.1. The average molecular weight is 523 g/mol. The summed E-state index contributed by atoms with van der Waals surface area (Å²) in [5, 5.41) is 0. The minimum absolute atomic E-state index is 0.434. The van der Waals surface area contributed by atoms with E-state index in [9.17, 15) is 0 Å². The highest BCUT2D eigenvalue weighted by Gasteiger charge is 2.55. The number of rotatable bonds is 7. The van der Waals surface area contributed by atoms with Crippen molar-refractivity contribution < 1.29 is 9.31 Å². The van der Waals surface area contributed by atoms with Crippen molar-refractivity contribution in [3.8, 4) is 22.3 Å². The van der Waals surface area contributed by atoms with Crippen LogP contribution in [0.4, 0.5) is 11.4 Å². The molecule has 1 fully saturated rings. The van der Waals surface area contributed by atoms with Crippen LogP contribution in [0.25, 0.3) is 22.3 Å². The molecular weight excluding hydrogens is 489 g/mol. The molecule has 6 rings (SSSR count). The normalized spacial score (nSPS) is 18.0. The van der Waals surface area contributed by atoms with Crippen molar-refractivity contribution in [3.05, 3.63) is 140 Å². The Balaban J connectivity index is 1.50. The summed E-state index contributed by atoms with van der Waals surface area (Å²) >= 11 is 0. The van der Waals surface area contributed by atoms with Gasteiger partial charge in [-0.3, -0.25) is 0 Å². The Kier molecular flexibility index (Phi) is 7.06. The summed E-state index contributed by atoms with van der Waals surface area (Å²) in [5.74, 6) is 0. The highest BCUT2D eigenvalue weighted by atomic mass is 16.7. The van der Waals surface area contributed by atoms with Crippen molar-refractivity contribution in [2.24, 2.45) is 0 Å². The minimum Gasteiger partial charge on any atom is -0.399 e. The van der Waals surface area contributed by atoms with Crippen LogP contribution in [0.1, 0.15) is 20.8 Å². The fourth-order valence-corrected chi connectivity index (χ4v) is 5.51. The molecule has 1 saturated heterocycles. The van der Waals surface area contributed by atoms with Gasteiger partial charge in [0.05, 0.1) is 17.7 Å². The molecule has 0 N–H and O–H groups in total. The maximum Gasteiger partial charge on any atom is 0.494 e. The molecule has 5 aromatic rings. The molecule has 1 unspecified atom stereocenters. The van der Waals surface area contributed by atoms with E-state index < -0.39 is 18.3 Å². The van der Waals surface area contributed by atoms with Gasteiger partial charge in [0.25, 0.3) is 0 Å². The Morgan fingerprint density at radius 2 is 0.950 bits per heavy atom. The highest BCUT2D eigenvalue weighted by molar-refractivity contribution is 6.62. The number of hydrogen-bond acceptors (Lipinski definition) is 3. The summed E-state index contributed by atoms with van der Waals surface area (Å²) in [5.41, 5.74) is 6.81. The largest absolute Gasteiger partial charge is 0.494 e. The molecule has 0 spiro atoms. The third kappa shape index (κ3) is 4.97. The number of hydrogen-bond donors (Lipinski definition) is 0. The van der Waals surface area contributed by atoms with Gasteiger partial charge < -0.3 is 14.2 Å². The predicted molar refractivity (Wildman–Crippen MR) is 167 cm³/mol. The quantitative estimate of drug-likeness (QED) is 0.201. The first-order valence-electron chi connectivity index (χ1n) is 13.9. The Bertz CT molecular complexity index is 1490. The van der Waals surface area contributed by atoms with E-state index in [0.29, 0.717) is 6.54 Å². The van der Waals surface area contributed by atoms with Gasteiger partial charge in [0.2, 0.25) is 0 Å². The third-order valence-corrected chi connectivity index (χ3v) is 8.13. The fraction of sp³-hybridized carbons (Fsp3) is 0.167. The molecule has 0 aromatic heterocycles. The summed E-state index contributed by atoms with van der Waals surface area (Å²) in [6.07, 6.45) is 0. The topological polar surface area (TPSA) is 21.7 Å². The van der Waals surface area contributed by atoms with E-state index in [4.69, 9.17) is 9.31 Å². The first-order chi connectivity index (χ1) is 19.5. The Hall–Kier alpha value is -4.12. The second kappa shape index (κ2) is 10.8. The standard InChI is InChI=1S/C36H34BNO2/c1-35(2)36(3,40-37(39-35)30-21-11-6-12-22-30)27-38(33-25-15-13-23-31(33)28-17-7-4-8-18-28)34-26-16-14-24-32(34)29-19-9-5-10-20-29/h4-26H,27H2,1-3H3. The molecule has 1 aliphatic rings. The molecule has 198 valence electrons. The molecule has 5 aromatic carbocycles. The van der Waals surface area contributed by atoms with Crippen molar-refractivity contribution in [3.63, 3.8) is 0 Å². The Labute approximate surface area is 238 Å². The molecule has 0 radical (unpaired) electrons. The minimum atomic E-state index is -0.624. The van der Waals surface area contributed by atoms with Crippen LogP contribution in [0.3, 0.4) is 0 Å². The summed E-state index contributed by atoms with van der Waals surface area (Å²) in [6.45, 7) is 7.05. The number of nitrogens with zero attached hydrogens (tertiary/aromatic N) is 1. The average Bonchev–Trinajstić information content (AvgIpc) is 3.25. The second-order valence-electron chi connectivity index (χ2n) is 11.1. The van der Waals surface area contributed by atoms with Gasteiger partial charge in [-0.25, -0.2) is 0 Å². The van der Waals surface area contributed by atoms with Crippen LogP contribution >= 0.6 is 0 Å². The van der Waals surface area contributed by atoms with Crippen LogP contribution in [0.5, 0.6) is 0 Å². The van der Waals surface area contributed by atoms with E-state index in [2.05, 4.69) is 147 Å². The van der Waals surface area contributed by atoms with E-state index in [0.717, 1.165) is 16.8 Å². The van der Waals surface area contributed by atoms with E-state index >= 15 is 0 Å².